The number of nitrogens with one attached hydrogen (secondary N) is 1. The normalized spacial score (nSPS) is 21.3. The summed E-state index contributed by atoms with van der Waals surface area (Å²) in [5.41, 5.74) is 2.10. The van der Waals surface area contributed by atoms with Crippen molar-refractivity contribution in [1.82, 2.24) is 10.2 Å². The highest BCUT2D eigenvalue weighted by atomic mass is 19.1. The van der Waals surface area contributed by atoms with Crippen LogP contribution in [0.5, 0.6) is 0 Å². The lowest BCUT2D eigenvalue weighted by Crippen LogP contribution is -2.44. The van der Waals surface area contributed by atoms with Gasteiger partial charge in [-0.2, -0.15) is 0 Å². The van der Waals surface area contributed by atoms with Crippen LogP contribution in [0.1, 0.15) is 41.4 Å². The second-order valence-corrected chi connectivity index (χ2v) is 7.43. The summed E-state index contributed by atoms with van der Waals surface area (Å²) in [7, 11) is 0. The number of halogens is 1. The van der Waals surface area contributed by atoms with E-state index in [1.54, 1.807) is 18.2 Å². The van der Waals surface area contributed by atoms with Crippen molar-refractivity contribution in [2.75, 3.05) is 19.6 Å². The van der Waals surface area contributed by atoms with Crippen molar-refractivity contribution in [2.45, 2.75) is 38.7 Å². The lowest BCUT2D eigenvalue weighted by molar-refractivity contribution is -0.0704. The molecule has 0 spiro atoms. The van der Waals surface area contributed by atoms with Gasteiger partial charge in [-0.05, 0) is 49.2 Å². The van der Waals surface area contributed by atoms with Crippen molar-refractivity contribution in [1.29, 1.82) is 0 Å². The highest BCUT2D eigenvalue weighted by molar-refractivity contribution is 5.94. The topological polar surface area (TPSA) is 61.8 Å². The Labute approximate surface area is 165 Å². The monoisotopic (exact) mass is 386 g/mol. The molecule has 2 aromatic carbocycles. The Bertz CT molecular complexity index is 787. The van der Waals surface area contributed by atoms with Crippen LogP contribution in [0.25, 0.3) is 0 Å². The van der Waals surface area contributed by atoms with E-state index in [9.17, 15) is 14.3 Å². The number of carbonyl (C=O) groups excluding carboxylic acids is 1. The molecule has 1 saturated heterocycles. The van der Waals surface area contributed by atoms with Crippen LogP contribution in [-0.4, -0.2) is 47.8 Å². The van der Waals surface area contributed by atoms with E-state index in [1.165, 1.54) is 18.2 Å². The molecule has 0 aliphatic carbocycles. The minimum atomic E-state index is -0.954. The molecular formula is C22H27FN2O3. The summed E-state index contributed by atoms with van der Waals surface area (Å²) < 4.78 is 19.0. The Balaban J connectivity index is 1.52. The van der Waals surface area contributed by atoms with Crippen LogP contribution in [0.4, 0.5) is 4.39 Å². The first-order chi connectivity index (χ1) is 13.4. The molecule has 28 heavy (non-hydrogen) atoms. The summed E-state index contributed by atoms with van der Waals surface area (Å²) in [4.78, 5) is 14.7. The van der Waals surface area contributed by atoms with Crippen LogP contribution in [0.2, 0.25) is 0 Å². The summed E-state index contributed by atoms with van der Waals surface area (Å²) in [6.07, 6.45) is -0.513. The van der Waals surface area contributed by atoms with Crippen LogP contribution in [0.15, 0.2) is 48.5 Å². The smallest absolute Gasteiger partial charge is 0.251 e. The first kappa shape index (κ1) is 20.5. The summed E-state index contributed by atoms with van der Waals surface area (Å²) in [6.45, 7) is 6.78. The van der Waals surface area contributed by atoms with E-state index in [4.69, 9.17) is 4.74 Å². The van der Waals surface area contributed by atoms with E-state index >= 15 is 0 Å². The molecule has 0 radical (unpaired) electrons. The average molecular weight is 386 g/mol. The SMILES string of the molecule is CC1CN(Cc2ccc(C(=O)NCC(O)c3cccc(F)c3)cc2)CC(C)O1. The molecule has 3 atom stereocenters. The number of hydrogen-bond donors (Lipinski definition) is 2. The van der Waals surface area contributed by atoms with Gasteiger partial charge in [0.25, 0.3) is 5.91 Å². The molecule has 1 heterocycles. The maximum atomic E-state index is 13.2. The van der Waals surface area contributed by atoms with Crippen LogP contribution >= 0.6 is 0 Å². The first-order valence-corrected chi connectivity index (χ1v) is 9.59. The highest BCUT2D eigenvalue weighted by Crippen LogP contribution is 2.16. The minimum Gasteiger partial charge on any atom is -0.387 e. The second-order valence-electron chi connectivity index (χ2n) is 7.43. The van der Waals surface area contributed by atoms with Crippen molar-refractivity contribution in [3.8, 4) is 0 Å². The summed E-state index contributed by atoms with van der Waals surface area (Å²) >= 11 is 0. The maximum absolute atomic E-state index is 13.2. The maximum Gasteiger partial charge on any atom is 0.251 e. The number of rotatable bonds is 6. The number of amides is 1. The number of benzene rings is 2. The van der Waals surface area contributed by atoms with E-state index in [0.29, 0.717) is 11.1 Å². The molecular weight excluding hydrogens is 359 g/mol. The van der Waals surface area contributed by atoms with Crippen LogP contribution < -0.4 is 5.32 Å². The fraction of sp³-hybridized carbons (Fsp3) is 0.409. The second kappa shape index (κ2) is 9.28. The molecule has 150 valence electrons. The van der Waals surface area contributed by atoms with Gasteiger partial charge in [-0.1, -0.05) is 24.3 Å². The molecule has 0 aromatic heterocycles. The average Bonchev–Trinajstić information content (AvgIpc) is 2.65. The van der Waals surface area contributed by atoms with Crippen molar-refractivity contribution >= 4 is 5.91 Å². The highest BCUT2D eigenvalue weighted by Gasteiger charge is 2.22. The van der Waals surface area contributed by atoms with Gasteiger partial charge in [0.2, 0.25) is 0 Å². The molecule has 5 nitrogen and oxygen atoms in total. The zero-order valence-electron chi connectivity index (χ0n) is 16.3. The minimum absolute atomic E-state index is 0.0214. The third-order valence-electron chi connectivity index (χ3n) is 4.81. The number of carbonyl (C=O) groups is 1. The Morgan fingerprint density at radius 2 is 1.89 bits per heavy atom. The molecule has 1 amide bonds. The Kier molecular flexibility index (Phi) is 6.78. The molecule has 2 aromatic rings. The van der Waals surface area contributed by atoms with Crippen molar-refractivity contribution in [3.63, 3.8) is 0 Å². The third-order valence-corrected chi connectivity index (χ3v) is 4.81. The van der Waals surface area contributed by atoms with Crippen molar-refractivity contribution in [3.05, 3.63) is 71.0 Å². The van der Waals surface area contributed by atoms with Crippen molar-refractivity contribution in [2.24, 2.45) is 0 Å². The zero-order valence-corrected chi connectivity index (χ0v) is 16.3. The molecule has 3 unspecified atom stereocenters. The van der Waals surface area contributed by atoms with E-state index in [0.717, 1.165) is 25.2 Å². The number of ether oxygens (including phenoxy) is 1. The molecule has 1 aliphatic heterocycles. The van der Waals surface area contributed by atoms with Gasteiger partial charge in [0.1, 0.15) is 5.82 Å². The third kappa shape index (κ3) is 5.61. The van der Waals surface area contributed by atoms with Gasteiger partial charge in [0, 0.05) is 31.7 Å². The van der Waals surface area contributed by atoms with E-state index < -0.39 is 11.9 Å². The lowest BCUT2D eigenvalue weighted by Gasteiger charge is -2.35. The van der Waals surface area contributed by atoms with Crippen LogP contribution in [-0.2, 0) is 11.3 Å². The number of aliphatic hydroxyl groups excluding tert-OH is 1. The van der Waals surface area contributed by atoms with Gasteiger partial charge in [0.15, 0.2) is 0 Å². The first-order valence-electron chi connectivity index (χ1n) is 9.59. The Morgan fingerprint density at radius 3 is 2.54 bits per heavy atom. The fourth-order valence-electron chi connectivity index (χ4n) is 3.56. The molecule has 1 aliphatic rings. The molecule has 0 saturated carbocycles. The predicted molar refractivity (Wildman–Crippen MR) is 105 cm³/mol. The number of hydrogen-bond acceptors (Lipinski definition) is 4. The van der Waals surface area contributed by atoms with Crippen molar-refractivity contribution < 1.29 is 19.0 Å². The molecule has 3 rings (SSSR count). The fourth-order valence-corrected chi connectivity index (χ4v) is 3.56. The van der Waals surface area contributed by atoms with Crippen LogP contribution in [0.3, 0.4) is 0 Å². The zero-order chi connectivity index (χ0) is 20.1. The molecule has 1 fully saturated rings. The van der Waals surface area contributed by atoms with Gasteiger partial charge >= 0.3 is 0 Å². The number of morpholine rings is 1. The van der Waals surface area contributed by atoms with Gasteiger partial charge < -0.3 is 15.2 Å². The Hall–Kier alpha value is -2.28. The molecule has 0 bridgehead atoms. The molecule has 2 N–H and O–H groups in total. The molecule has 6 heteroatoms. The Morgan fingerprint density at radius 1 is 1.21 bits per heavy atom. The predicted octanol–water partition coefficient (Wildman–Crippen LogP) is 2.90. The van der Waals surface area contributed by atoms with Gasteiger partial charge in [0.05, 0.1) is 18.3 Å². The lowest BCUT2D eigenvalue weighted by atomic mass is 10.1. The largest absolute Gasteiger partial charge is 0.387 e. The number of aliphatic hydroxyl groups is 1. The van der Waals surface area contributed by atoms with E-state index in [1.807, 2.05) is 12.1 Å². The van der Waals surface area contributed by atoms with Gasteiger partial charge in [-0.25, -0.2) is 4.39 Å². The standard InChI is InChI=1S/C22H27FN2O3/c1-15-12-25(13-16(2)28-15)14-17-6-8-18(9-7-17)22(27)24-11-21(26)19-4-3-5-20(23)10-19/h3-10,15-16,21,26H,11-14H2,1-2H3,(H,24,27). The number of nitrogens with zero attached hydrogens (tertiary/aromatic N) is 1. The quantitative estimate of drug-likeness (QED) is 0.801. The summed E-state index contributed by atoms with van der Waals surface area (Å²) in [6, 6.07) is 13.2. The van der Waals surface area contributed by atoms with E-state index in [2.05, 4.69) is 24.1 Å². The van der Waals surface area contributed by atoms with E-state index in [-0.39, 0.29) is 24.7 Å². The summed E-state index contributed by atoms with van der Waals surface area (Å²) in [5, 5.41) is 12.8. The van der Waals surface area contributed by atoms with Gasteiger partial charge in [-0.3, -0.25) is 9.69 Å². The van der Waals surface area contributed by atoms with Gasteiger partial charge in [-0.15, -0.1) is 0 Å². The van der Waals surface area contributed by atoms with Crippen LogP contribution in [0, 0.1) is 5.82 Å². The summed E-state index contributed by atoms with van der Waals surface area (Å²) in [5.74, 6) is -0.682.